The molecule has 3 rings (SSSR count). The molecule has 0 aliphatic rings. The monoisotopic (exact) mass is 513 g/mol. The number of aryl methyl sites for hydroxylation is 1. The molecule has 184 valence electrons. The van der Waals surface area contributed by atoms with Crippen molar-refractivity contribution in [1.29, 1.82) is 0 Å². The minimum absolute atomic E-state index is 0.0334. The fourth-order valence-electron chi connectivity index (χ4n) is 3.24. The lowest BCUT2D eigenvalue weighted by molar-refractivity contribution is -0.138. The minimum Gasteiger partial charge on any atom is -0.493 e. The molecule has 2 atom stereocenters. The van der Waals surface area contributed by atoms with Crippen molar-refractivity contribution >= 4 is 20.4 Å². The van der Waals surface area contributed by atoms with E-state index >= 15 is 0 Å². The Balaban J connectivity index is 1.68. The van der Waals surface area contributed by atoms with Gasteiger partial charge in [0.1, 0.15) is 15.8 Å². The number of benzene rings is 2. The Bertz CT molecular complexity index is 1050. The van der Waals surface area contributed by atoms with Crippen LogP contribution < -0.4 is 10.5 Å². The van der Waals surface area contributed by atoms with E-state index in [1.165, 1.54) is 17.7 Å². The number of hydrogen-bond acceptors (Lipinski definition) is 7. The summed E-state index contributed by atoms with van der Waals surface area (Å²) in [4.78, 5) is 8.74. The number of halogens is 3. The van der Waals surface area contributed by atoms with Crippen molar-refractivity contribution in [2.45, 2.75) is 44.8 Å². The molecule has 0 bridgehead atoms. The molecule has 0 saturated heterocycles. The fraction of sp³-hybridized carbons (Fsp3) is 0.391. The quantitative estimate of drug-likeness (QED) is 0.302. The molecule has 0 radical (unpaired) electrons. The predicted molar refractivity (Wildman–Crippen MR) is 128 cm³/mol. The number of nitrogens with two attached hydrogens (primary N) is 1. The molecular formula is C23H27F3N3O3PS. The first kappa shape index (κ1) is 26.5. The number of aromatic nitrogens is 2. The van der Waals surface area contributed by atoms with Crippen LogP contribution in [0.5, 0.6) is 5.75 Å². The van der Waals surface area contributed by atoms with Crippen LogP contribution in [0.15, 0.2) is 42.5 Å². The van der Waals surface area contributed by atoms with E-state index in [9.17, 15) is 13.2 Å². The third kappa shape index (κ3) is 7.45. The third-order valence-electron chi connectivity index (χ3n) is 5.11. The van der Waals surface area contributed by atoms with Gasteiger partial charge in [-0.1, -0.05) is 48.9 Å². The second kappa shape index (κ2) is 12.6. The van der Waals surface area contributed by atoms with Crippen LogP contribution in [-0.2, 0) is 23.5 Å². The Morgan fingerprint density at radius 3 is 2.44 bits per heavy atom. The van der Waals surface area contributed by atoms with E-state index in [1.807, 2.05) is 12.1 Å². The third-order valence-corrected chi connectivity index (χ3v) is 6.51. The predicted octanol–water partition coefficient (Wildman–Crippen LogP) is 5.71. The van der Waals surface area contributed by atoms with Gasteiger partial charge in [-0.25, -0.2) is 0 Å². The second-order valence-corrected chi connectivity index (χ2v) is 9.16. The highest BCUT2D eigenvalue weighted by Gasteiger charge is 2.35. The summed E-state index contributed by atoms with van der Waals surface area (Å²) in [5.41, 5.74) is 7.56. The van der Waals surface area contributed by atoms with Crippen molar-refractivity contribution in [3.05, 3.63) is 64.2 Å². The summed E-state index contributed by atoms with van der Waals surface area (Å²) in [6.07, 6.45) is -0.813. The minimum atomic E-state index is -4.59. The topological polar surface area (TPSA) is 90.5 Å². The molecule has 1 heterocycles. The van der Waals surface area contributed by atoms with E-state index in [0.29, 0.717) is 16.4 Å². The zero-order valence-corrected chi connectivity index (χ0v) is 20.5. The van der Waals surface area contributed by atoms with E-state index in [2.05, 4.69) is 29.3 Å². The zero-order chi connectivity index (χ0) is 24.6. The Hall–Kier alpha value is -2.10. The molecule has 0 fully saturated rings. The van der Waals surface area contributed by atoms with Crippen LogP contribution in [0.4, 0.5) is 13.2 Å². The lowest BCUT2D eigenvalue weighted by Crippen LogP contribution is -2.14. The van der Waals surface area contributed by atoms with Crippen molar-refractivity contribution in [3.8, 4) is 16.3 Å². The summed E-state index contributed by atoms with van der Waals surface area (Å²) in [5, 5.41) is 8.61. The molecule has 0 aliphatic heterocycles. The van der Waals surface area contributed by atoms with E-state index in [1.54, 1.807) is 0 Å². The number of ether oxygens (including phenoxy) is 1. The number of nitrogens with zero attached hydrogens (tertiary/aromatic N) is 2. The van der Waals surface area contributed by atoms with Crippen LogP contribution in [0, 0.1) is 0 Å². The van der Waals surface area contributed by atoms with Crippen LogP contribution in [0.25, 0.3) is 10.6 Å². The molecule has 3 N–H and O–H groups in total. The normalized spacial score (nSPS) is 13.0. The summed E-state index contributed by atoms with van der Waals surface area (Å²) in [5.74, 6) is -0.227. The standard InChI is InChI=1S/C23H27F3N3O3PS/c1-2-3-4-15-5-7-16(8-6-15)11-12-31-20-10-9-17(13-18(20)23(24,25)26)21-28-29-22(34-21)19(27)14-32-33-30/h5-10,13,19,30,33H,2-4,11-12,14,27H2,1H3. The molecule has 0 aliphatic carbocycles. The number of hydrogen-bond donors (Lipinski definition) is 2. The summed E-state index contributed by atoms with van der Waals surface area (Å²) >= 11 is 1.08. The van der Waals surface area contributed by atoms with Crippen LogP contribution in [0.3, 0.4) is 0 Å². The van der Waals surface area contributed by atoms with Crippen LogP contribution in [0.1, 0.15) is 47.5 Å². The average Bonchev–Trinajstić information content (AvgIpc) is 3.32. The largest absolute Gasteiger partial charge is 0.493 e. The molecule has 1 aromatic heterocycles. The number of alkyl halides is 3. The molecule has 11 heteroatoms. The highest BCUT2D eigenvalue weighted by Crippen LogP contribution is 2.39. The van der Waals surface area contributed by atoms with Gasteiger partial charge in [0, 0.05) is 12.0 Å². The first-order valence-electron chi connectivity index (χ1n) is 10.8. The summed E-state index contributed by atoms with van der Waals surface area (Å²) in [6.45, 7) is 2.30. The van der Waals surface area contributed by atoms with Gasteiger partial charge >= 0.3 is 6.18 Å². The average molecular weight is 514 g/mol. The molecule has 6 nitrogen and oxygen atoms in total. The van der Waals surface area contributed by atoms with Crippen molar-refractivity contribution in [2.75, 3.05) is 13.2 Å². The molecular weight excluding hydrogens is 486 g/mol. The SMILES string of the molecule is CCCCc1ccc(CCOc2ccc(-c3nnc(C(N)COPO)s3)cc2C(F)(F)F)cc1. The van der Waals surface area contributed by atoms with Gasteiger partial charge in [0.15, 0.2) is 9.03 Å². The van der Waals surface area contributed by atoms with Gasteiger partial charge in [-0.15, -0.1) is 10.2 Å². The van der Waals surface area contributed by atoms with Gasteiger partial charge in [-0.2, -0.15) is 13.2 Å². The Morgan fingerprint density at radius 1 is 1.09 bits per heavy atom. The van der Waals surface area contributed by atoms with E-state index < -0.39 is 26.8 Å². The van der Waals surface area contributed by atoms with E-state index in [0.717, 1.165) is 42.2 Å². The molecule has 0 saturated carbocycles. The van der Waals surface area contributed by atoms with Gasteiger partial charge in [-0.05, 0) is 42.2 Å². The second-order valence-electron chi connectivity index (χ2n) is 7.68. The molecule has 2 unspecified atom stereocenters. The lowest BCUT2D eigenvalue weighted by atomic mass is 10.1. The highest BCUT2D eigenvalue weighted by molar-refractivity contribution is 7.24. The molecule has 0 spiro atoms. The smallest absolute Gasteiger partial charge is 0.419 e. The summed E-state index contributed by atoms with van der Waals surface area (Å²) in [7, 11) is -0.708. The molecule has 3 aromatic rings. The highest BCUT2D eigenvalue weighted by atomic mass is 32.1. The summed E-state index contributed by atoms with van der Waals surface area (Å²) in [6, 6.07) is 11.3. The maximum absolute atomic E-state index is 13.7. The van der Waals surface area contributed by atoms with Gasteiger partial charge in [0.2, 0.25) is 0 Å². The first-order chi connectivity index (χ1) is 16.3. The number of unbranched alkanes of at least 4 members (excludes halogenated alkanes) is 1. The molecule has 0 amide bonds. The lowest BCUT2D eigenvalue weighted by Gasteiger charge is -2.15. The Kier molecular flexibility index (Phi) is 9.79. The van der Waals surface area contributed by atoms with Crippen LogP contribution in [-0.4, -0.2) is 28.3 Å². The van der Waals surface area contributed by atoms with Crippen LogP contribution >= 0.6 is 20.4 Å². The maximum Gasteiger partial charge on any atom is 0.419 e. The maximum atomic E-state index is 13.7. The van der Waals surface area contributed by atoms with Gasteiger partial charge < -0.3 is 19.9 Å². The van der Waals surface area contributed by atoms with Crippen molar-refractivity contribution in [2.24, 2.45) is 5.73 Å². The van der Waals surface area contributed by atoms with E-state index in [-0.39, 0.29) is 24.5 Å². The Labute approximate surface area is 202 Å². The first-order valence-corrected chi connectivity index (χ1v) is 12.5. The van der Waals surface area contributed by atoms with Gasteiger partial charge in [-0.3, -0.25) is 0 Å². The van der Waals surface area contributed by atoms with Gasteiger partial charge in [0.25, 0.3) is 0 Å². The van der Waals surface area contributed by atoms with Crippen molar-refractivity contribution in [1.82, 2.24) is 10.2 Å². The van der Waals surface area contributed by atoms with Crippen LogP contribution in [0.2, 0.25) is 0 Å². The van der Waals surface area contributed by atoms with Gasteiger partial charge in [0.05, 0.1) is 24.8 Å². The molecule has 2 aromatic carbocycles. The molecule has 34 heavy (non-hydrogen) atoms. The summed E-state index contributed by atoms with van der Waals surface area (Å²) < 4.78 is 51.6. The van der Waals surface area contributed by atoms with E-state index in [4.69, 9.17) is 19.9 Å². The zero-order valence-electron chi connectivity index (χ0n) is 18.6. The Morgan fingerprint density at radius 2 is 1.79 bits per heavy atom. The number of rotatable bonds is 12. The van der Waals surface area contributed by atoms with Crippen molar-refractivity contribution in [3.63, 3.8) is 0 Å². The van der Waals surface area contributed by atoms with Crippen molar-refractivity contribution < 1.29 is 27.3 Å². The fourth-order valence-corrected chi connectivity index (χ4v) is 4.32.